The first-order valence-electron chi connectivity index (χ1n) is 8.46. The molecule has 1 aliphatic rings. The van der Waals surface area contributed by atoms with E-state index in [1.807, 2.05) is 13.8 Å². The lowest BCUT2D eigenvalue weighted by Gasteiger charge is -2.40. The van der Waals surface area contributed by atoms with Crippen LogP contribution in [0.1, 0.15) is 40.5 Å². The van der Waals surface area contributed by atoms with E-state index in [0.29, 0.717) is 13.2 Å². The second-order valence-electron chi connectivity index (χ2n) is 7.22. The van der Waals surface area contributed by atoms with Crippen molar-refractivity contribution in [2.75, 3.05) is 20.3 Å². The molecule has 0 aliphatic carbocycles. The van der Waals surface area contributed by atoms with Gasteiger partial charge in [0.05, 0.1) is 17.8 Å². The van der Waals surface area contributed by atoms with Crippen LogP contribution in [0.4, 0.5) is 8.78 Å². The maximum Gasteiger partial charge on any atom is 0.337 e. The predicted molar refractivity (Wildman–Crippen MR) is 92.5 cm³/mol. The van der Waals surface area contributed by atoms with E-state index in [-0.39, 0.29) is 17.3 Å². The summed E-state index contributed by atoms with van der Waals surface area (Å²) in [7, 11) is 2.66. The molecule has 0 spiro atoms. The van der Waals surface area contributed by atoms with Gasteiger partial charge in [-0.2, -0.15) is 0 Å². The molecule has 1 unspecified atom stereocenters. The van der Waals surface area contributed by atoms with Crippen LogP contribution in [0.2, 0.25) is 0 Å². The fourth-order valence-electron chi connectivity index (χ4n) is 2.33. The van der Waals surface area contributed by atoms with Gasteiger partial charge in [-0.3, -0.25) is 0 Å². The molecule has 1 radical (unpaired) electrons. The van der Waals surface area contributed by atoms with E-state index in [2.05, 4.69) is 0 Å². The van der Waals surface area contributed by atoms with Crippen molar-refractivity contribution in [2.45, 2.75) is 57.8 Å². The van der Waals surface area contributed by atoms with Gasteiger partial charge < -0.3 is 18.9 Å². The molecule has 139 valence electrons. The molecule has 7 heteroatoms. The molecule has 1 aromatic carbocycles. The third kappa shape index (κ3) is 4.93. The first-order chi connectivity index (χ1) is 11.7. The maximum absolute atomic E-state index is 14.3. The molecule has 2 rings (SSSR count). The topological polar surface area (TPSA) is 36.9 Å². The van der Waals surface area contributed by atoms with Gasteiger partial charge in [0.2, 0.25) is 0 Å². The lowest BCUT2D eigenvalue weighted by molar-refractivity contribution is -0.114. The Hall–Kier alpha value is -1.18. The molecular formula is C18H26BF2O4. The first kappa shape index (κ1) is 20.1. The Morgan fingerprint density at radius 3 is 2.28 bits per heavy atom. The number of halogens is 2. The minimum absolute atomic E-state index is 0.152. The van der Waals surface area contributed by atoms with Crippen LogP contribution in [0.3, 0.4) is 0 Å². The summed E-state index contributed by atoms with van der Waals surface area (Å²) in [6, 6.07) is 2.34. The number of ether oxygens (including phenoxy) is 3. The summed E-state index contributed by atoms with van der Waals surface area (Å²) in [4.78, 5) is 0. The third-order valence-electron chi connectivity index (χ3n) is 4.91. The van der Waals surface area contributed by atoms with Crippen molar-refractivity contribution in [2.24, 2.45) is 0 Å². The van der Waals surface area contributed by atoms with Gasteiger partial charge in [0, 0.05) is 31.3 Å². The van der Waals surface area contributed by atoms with Crippen LogP contribution >= 0.6 is 0 Å². The quantitative estimate of drug-likeness (QED) is 0.705. The van der Waals surface area contributed by atoms with E-state index < -0.39 is 22.8 Å². The highest BCUT2D eigenvalue weighted by atomic mass is 19.1. The smallest absolute Gasteiger partial charge is 0.337 e. The zero-order chi connectivity index (χ0) is 18.7. The van der Waals surface area contributed by atoms with Gasteiger partial charge in [-0.25, -0.2) is 8.78 Å². The lowest BCUT2D eigenvalue weighted by atomic mass is 9.82. The Balaban J connectivity index is 2.07. The Bertz CT molecular complexity index is 563. The highest BCUT2D eigenvalue weighted by molar-refractivity contribution is 6.47. The zero-order valence-corrected chi connectivity index (χ0v) is 15.5. The van der Waals surface area contributed by atoms with Crippen molar-refractivity contribution in [3.8, 4) is 5.75 Å². The van der Waals surface area contributed by atoms with Gasteiger partial charge in [0.25, 0.3) is 0 Å². The summed E-state index contributed by atoms with van der Waals surface area (Å²) < 4.78 is 50.6. The van der Waals surface area contributed by atoms with Gasteiger partial charge in [-0.15, -0.1) is 0 Å². The Kier molecular flexibility index (Phi) is 6.46. The normalized spacial score (nSPS) is 18.9. The molecule has 0 amide bonds. The summed E-state index contributed by atoms with van der Waals surface area (Å²) in [5, 5.41) is 0. The summed E-state index contributed by atoms with van der Waals surface area (Å²) in [5.74, 6) is -1.32. The molecule has 1 fully saturated rings. The van der Waals surface area contributed by atoms with Crippen molar-refractivity contribution in [1.82, 2.24) is 0 Å². The van der Waals surface area contributed by atoms with Gasteiger partial charge in [0.15, 0.2) is 0 Å². The van der Waals surface area contributed by atoms with Crippen molar-refractivity contribution in [3.05, 3.63) is 23.8 Å². The van der Waals surface area contributed by atoms with Gasteiger partial charge >= 0.3 is 7.48 Å². The lowest BCUT2D eigenvalue weighted by Crippen LogP contribution is -2.51. The Labute approximate surface area is 149 Å². The average molecular weight is 355 g/mol. The van der Waals surface area contributed by atoms with Crippen molar-refractivity contribution in [1.29, 1.82) is 0 Å². The third-order valence-corrected chi connectivity index (χ3v) is 4.91. The predicted octanol–water partition coefficient (Wildman–Crippen LogP) is 2.99. The van der Waals surface area contributed by atoms with Gasteiger partial charge in [-0.1, -0.05) is 0 Å². The van der Waals surface area contributed by atoms with Crippen molar-refractivity contribution < 1.29 is 27.6 Å². The fourth-order valence-corrected chi connectivity index (χ4v) is 2.33. The second kappa shape index (κ2) is 8.02. The van der Waals surface area contributed by atoms with E-state index in [1.54, 1.807) is 21.0 Å². The molecule has 0 bridgehead atoms. The standard InChI is InChI=1S/C18H26BF2O4/c1-17(2,22-5)18(3,4)25-19-16-14(20)9-13(10-15(16)21)24-12-7-6-8-23-11-12/h9-10,12H,6-8,11H2,1-5H3. The van der Waals surface area contributed by atoms with Crippen LogP contribution in [0.15, 0.2) is 12.1 Å². The molecule has 25 heavy (non-hydrogen) atoms. The summed E-state index contributed by atoms with van der Waals surface area (Å²) in [6.45, 7) is 8.40. The minimum atomic E-state index is -0.783. The monoisotopic (exact) mass is 355 g/mol. The maximum atomic E-state index is 14.3. The van der Waals surface area contributed by atoms with Gasteiger partial charge in [0.1, 0.15) is 23.5 Å². The van der Waals surface area contributed by atoms with E-state index in [0.717, 1.165) is 20.3 Å². The van der Waals surface area contributed by atoms with Crippen LogP contribution < -0.4 is 10.2 Å². The first-order valence-corrected chi connectivity index (χ1v) is 8.46. The number of benzene rings is 1. The Morgan fingerprint density at radius 2 is 1.76 bits per heavy atom. The van der Waals surface area contributed by atoms with Crippen molar-refractivity contribution in [3.63, 3.8) is 0 Å². The Morgan fingerprint density at radius 1 is 1.12 bits per heavy atom. The van der Waals surface area contributed by atoms with Crippen LogP contribution in [0, 0.1) is 11.6 Å². The average Bonchev–Trinajstić information content (AvgIpc) is 2.54. The molecule has 1 aromatic rings. The molecule has 1 atom stereocenters. The van der Waals surface area contributed by atoms with E-state index in [1.165, 1.54) is 12.1 Å². The summed E-state index contributed by atoms with van der Waals surface area (Å²) in [5.41, 5.74) is -1.66. The highest BCUT2D eigenvalue weighted by Crippen LogP contribution is 2.28. The van der Waals surface area contributed by atoms with Gasteiger partial charge in [-0.05, 0) is 40.5 Å². The largest absolute Gasteiger partial charge is 0.488 e. The molecular weight excluding hydrogens is 329 g/mol. The van der Waals surface area contributed by atoms with E-state index in [4.69, 9.17) is 18.9 Å². The molecule has 4 nitrogen and oxygen atoms in total. The molecule has 1 heterocycles. The van der Waals surface area contributed by atoms with Crippen LogP contribution in [0.25, 0.3) is 0 Å². The minimum Gasteiger partial charge on any atom is -0.488 e. The molecule has 1 aliphatic heterocycles. The molecule has 1 saturated heterocycles. The van der Waals surface area contributed by atoms with Crippen LogP contribution in [-0.2, 0) is 14.1 Å². The number of hydrogen-bond acceptors (Lipinski definition) is 4. The zero-order valence-electron chi connectivity index (χ0n) is 15.5. The summed E-state index contributed by atoms with van der Waals surface area (Å²) in [6.07, 6.45) is 1.50. The van der Waals surface area contributed by atoms with E-state index in [9.17, 15) is 8.78 Å². The number of methoxy groups -OCH3 is 1. The highest BCUT2D eigenvalue weighted by Gasteiger charge is 2.38. The second-order valence-corrected chi connectivity index (χ2v) is 7.22. The number of rotatable bonds is 7. The fraction of sp³-hybridized carbons (Fsp3) is 0.667. The number of hydrogen-bond donors (Lipinski definition) is 0. The summed E-state index contributed by atoms with van der Waals surface area (Å²) >= 11 is 0. The SMILES string of the molecule is COC(C)(C)C(C)(C)O[B]c1c(F)cc(OC2CCCOC2)cc1F. The molecule has 0 aromatic heterocycles. The van der Waals surface area contributed by atoms with Crippen LogP contribution in [-0.4, -0.2) is 45.1 Å². The molecule has 0 saturated carbocycles. The van der Waals surface area contributed by atoms with Crippen LogP contribution in [0.5, 0.6) is 5.75 Å². The molecule has 0 N–H and O–H groups in total. The van der Waals surface area contributed by atoms with Crippen molar-refractivity contribution >= 4 is 12.9 Å². The van der Waals surface area contributed by atoms with E-state index >= 15 is 0 Å².